The molecule has 100 valence electrons. The average Bonchev–Trinajstić information content (AvgIpc) is 2.38. The van der Waals surface area contributed by atoms with Crippen LogP contribution in [0.15, 0.2) is 59.2 Å². The number of likely N-dealkylation sites (N-methyl/N-ethyl adjacent to an activating group) is 1. The van der Waals surface area contributed by atoms with Crippen LogP contribution in [0.4, 0.5) is 0 Å². The van der Waals surface area contributed by atoms with E-state index in [0.29, 0.717) is 5.75 Å². The summed E-state index contributed by atoms with van der Waals surface area (Å²) in [6.45, 7) is 1.97. The van der Waals surface area contributed by atoms with Crippen molar-refractivity contribution in [1.82, 2.24) is 4.90 Å². The van der Waals surface area contributed by atoms with Gasteiger partial charge in [0, 0.05) is 26.0 Å². The molecule has 1 rings (SSSR count). The summed E-state index contributed by atoms with van der Waals surface area (Å²) in [4.78, 5) is 6.06. The van der Waals surface area contributed by atoms with Crippen LogP contribution < -0.4 is 4.74 Å². The van der Waals surface area contributed by atoms with E-state index in [2.05, 4.69) is 4.99 Å². The van der Waals surface area contributed by atoms with Gasteiger partial charge in [-0.05, 0) is 43.4 Å². The first kappa shape index (κ1) is 15.1. The van der Waals surface area contributed by atoms with Crippen LogP contribution in [0.5, 0.6) is 5.75 Å². The van der Waals surface area contributed by atoms with Crippen molar-refractivity contribution in [3.05, 3.63) is 54.3 Å². The van der Waals surface area contributed by atoms with Crippen LogP contribution in [-0.2, 0) is 0 Å². The van der Waals surface area contributed by atoms with E-state index in [0.717, 1.165) is 5.70 Å². The summed E-state index contributed by atoms with van der Waals surface area (Å²) >= 11 is 5.04. The van der Waals surface area contributed by atoms with E-state index in [9.17, 15) is 0 Å². The molecule has 0 heterocycles. The Balaban J connectivity index is 2.61. The van der Waals surface area contributed by atoms with Gasteiger partial charge in [-0.2, -0.15) is 0 Å². The predicted molar refractivity (Wildman–Crippen MR) is 84.7 cm³/mol. The Morgan fingerprint density at radius 3 is 2.53 bits per heavy atom. The highest BCUT2D eigenvalue weighted by Crippen LogP contribution is 2.09. The van der Waals surface area contributed by atoms with E-state index in [-0.39, 0.29) is 5.17 Å². The molecule has 0 bridgehead atoms. The van der Waals surface area contributed by atoms with Crippen molar-refractivity contribution in [2.45, 2.75) is 6.92 Å². The van der Waals surface area contributed by atoms with Gasteiger partial charge in [-0.1, -0.05) is 24.3 Å². The van der Waals surface area contributed by atoms with Gasteiger partial charge < -0.3 is 9.64 Å². The first-order valence-corrected chi connectivity index (χ1v) is 6.35. The molecule has 0 saturated heterocycles. The molecule has 0 spiro atoms. The summed E-state index contributed by atoms with van der Waals surface area (Å²) in [6, 6.07) is 9.36. The van der Waals surface area contributed by atoms with Crippen LogP contribution in [-0.4, -0.2) is 30.4 Å². The second-order valence-corrected chi connectivity index (χ2v) is 4.29. The van der Waals surface area contributed by atoms with Crippen LogP contribution in [0.3, 0.4) is 0 Å². The summed E-state index contributed by atoms with van der Waals surface area (Å²) in [5.41, 5.74) is 1.04. The zero-order chi connectivity index (χ0) is 14.1. The van der Waals surface area contributed by atoms with Crippen molar-refractivity contribution in [1.29, 1.82) is 0 Å². The molecule has 0 radical (unpaired) electrons. The van der Waals surface area contributed by atoms with Crippen molar-refractivity contribution >= 4 is 23.6 Å². The molecule has 0 aliphatic rings. The van der Waals surface area contributed by atoms with Crippen molar-refractivity contribution in [2.75, 3.05) is 14.1 Å². The quantitative estimate of drug-likeness (QED) is 0.477. The number of para-hydroxylation sites is 1. The normalized spacial score (nSPS) is 12.1. The minimum Gasteiger partial charge on any atom is -0.430 e. The number of hydrogen-bond acceptors (Lipinski definition) is 3. The van der Waals surface area contributed by atoms with Crippen molar-refractivity contribution in [3.8, 4) is 5.75 Å². The van der Waals surface area contributed by atoms with Crippen LogP contribution >= 0.6 is 12.2 Å². The van der Waals surface area contributed by atoms with E-state index >= 15 is 0 Å². The largest absolute Gasteiger partial charge is 0.430 e. The second kappa shape index (κ2) is 8.21. The predicted octanol–water partition coefficient (Wildman–Crippen LogP) is 3.44. The summed E-state index contributed by atoms with van der Waals surface area (Å²) in [6.07, 6.45) is 7.48. The van der Waals surface area contributed by atoms with Crippen LogP contribution in [0.1, 0.15) is 6.92 Å². The molecule has 1 aromatic carbocycles. The van der Waals surface area contributed by atoms with E-state index in [4.69, 9.17) is 17.0 Å². The molecule has 0 unspecified atom stereocenters. The van der Waals surface area contributed by atoms with Gasteiger partial charge in [0.05, 0.1) is 0 Å². The standard InChI is InChI=1S/C15H18N2OS/c1-4-8-13(17(2)3)11-12-16-15(19)18-14-9-6-5-7-10-14/h4-12H,1-3H3/b8-4-,13-11+,16-12?. The van der Waals surface area contributed by atoms with Crippen LogP contribution in [0, 0.1) is 0 Å². The van der Waals surface area contributed by atoms with Gasteiger partial charge in [-0.3, -0.25) is 0 Å². The monoisotopic (exact) mass is 274 g/mol. The molecular weight excluding hydrogens is 256 g/mol. The van der Waals surface area contributed by atoms with Gasteiger partial charge in [0.25, 0.3) is 5.17 Å². The van der Waals surface area contributed by atoms with Gasteiger partial charge >= 0.3 is 0 Å². The lowest BCUT2D eigenvalue weighted by molar-refractivity contribution is 0.530. The Morgan fingerprint density at radius 2 is 1.95 bits per heavy atom. The number of rotatable bonds is 4. The second-order valence-electron chi connectivity index (χ2n) is 3.95. The van der Waals surface area contributed by atoms with Gasteiger partial charge in [0.2, 0.25) is 0 Å². The number of nitrogens with zero attached hydrogens (tertiary/aromatic N) is 2. The first-order valence-electron chi connectivity index (χ1n) is 5.94. The Bertz CT molecular complexity index is 490. The van der Waals surface area contributed by atoms with Crippen molar-refractivity contribution in [2.24, 2.45) is 4.99 Å². The van der Waals surface area contributed by atoms with Gasteiger partial charge in [-0.25, -0.2) is 4.99 Å². The van der Waals surface area contributed by atoms with E-state index in [1.165, 1.54) is 0 Å². The fourth-order valence-corrected chi connectivity index (χ4v) is 1.47. The molecule has 0 amide bonds. The third-order valence-corrected chi connectivity index (χ3v) is 2.42. The molecule has 0 saturated carbocycles. The molecule has 19 heavy (non-hydrogen) atoms. The highest BCUT2D eigenvalue weighted by atomic mass is 32.1. The maximum absolute atomic E-state index is 5.39. The smallest absolute Gasteiger partial charge is 0.288 e. The van der Waals surface area contributed by atoms with E-state index in [1.54, 1.807) is 6.21 Å². The van der Waals surface area contributed by atoms with E-state index in [1.807, 2.05) is 74.5 Å². The fourth-order valence-electron chi connectivity index (χ4n) is 1.31. The zero-order valence-corrected chi connectivity index (χ0v) is 12.2. The lowest BCUT2D eigenvalue weighted by Gasteiger charge is -2.12. The number of allylic oxidation sites excluding steroid dienone is 3. The molecule has 0 aromatic heterocycles. The maximum Gasteiger partial charge on any atom is 0.288 e. The Kier molecular flexibility index (Phi) is 6.53. The number of ether oxygens (including phenoxy) is 1. The van der Waals surface area contributed by atoms with E-state index < -0.39 is 0 Å². The molecule has 0 atom stereocenters. The fraction of sp³-hybridized carbons (Fsp3) is 0.200. The highest BCUT2D eigenvalue weighted by molar-refractivity contribution is 7.80. The molecule has 1 aromatic rings. The van der Waals surface area contributed by atoms with Gasteiger partial charge in [-0.15, -0.1) is 0 Å². The summed E-state index contributed by atoms with van der Waals surface area (Å²) in [5.74, 6) is 0.690. The molecule has 0 aliphatic carbocycles. The Hall–Kier alpha value is -1.94. The third-order valence-electron chi connectivity index (χ3n) is 2.23. The summed E-state index contributed by atoms with van der Waals surface area (Å²) in [5, 5.41) is 0.195. The average molecular weight is 274 g/mol. The third kappa shape index (κ3) is 5.97. The molecule has 3 nitrogen and oxygen atoms in total. The Labute approximate surface area is 119 Å². The topological polar surface area (TPSA) is 24.8 Å². The van der Waals surface area contributed by atoms with Crippen molar-refractivity contribution < 1.29 is 4.74 Å². The molecule has 0 N–H and O–H groups in total. The Morgan fingerprint density at radius 1 is 1.26 bits per heavy atom. The number of hydrogen-bond donors (Lipinski definition) is 0. The first-order chi connectivity index (χ1) is 9.13. The van der Waals surface area contributed by atoms with Crippen molar-refractivity contribution in [3.63, 3.8) is 0 Å². The van der Waals surface area contributed by atoms with Gasteiger partial charge in [0.15, 0.2) is 0 Å². The zero-order valence-electron chi connectivity index (χ0n) is 11.4. The minimum absolute atomic E-state index is 0.195. The van der Waals surface area contributed by atoms with Gasteiger partial charge in [0.1, 0.15) is 5.75 Å². The lowest BCUT2D eigenvalue weighted by atomic mass is 10.3. The number of benzene rings is 1. The highest BCUT2D eigenvalue weighted by Gasteiger charge is 1.96. The van der Waals surface area contributed by atoms with Crippen LogP contribution in [0.2, 0.25) is 0 Å². The molecule has 4 heteroatoms. The number of aliphatic imine (C=N–C) groups is 1. The summed E-state index contributed by atoms with van der Waals surface area (Å²) < 4.78 is 5.39. The minimum atomic E-state index is 0.195. The lowest BCUT2D eigenvalue weighted by Crippen LogP contribution is -2.09. The number of thiocarbonyl (C=S) groups is 1. The summed E-state index contributed by atoms with van der Waals surface area (Å²) in [7, 11) is 3.94. The maximum atomic E-state index is 5.39. The molecular formula is C15H18N2OS. The van der Waals surface area contributed by atoms with Crippen LogP contribution in [0.25, 0.3) is 0 Å². The molecule has 0 aliphatic heterocycles. The molecule has 0 fully saturated rings. The SMILES string of the molecule is C/C=C\C(=C/C=NC(=S)Oc1ccccc1)N(C)C.